The van der Waals surface area contributed by atoms with E-state index in [1.807, 2.05) is 0 Å². The number of carbonyl (C=O) groups excluding carboxylic acids is 4. The Morgan fingerprint density at radius 1 is 1.15 bits per heavy atom. The predicted molar refractivity (Wildman–Crippen MR) is 115 cm³/mol. The number of piperidine rings is 1. The highest BCUT2D eigenvalue weighted by molar-refractivity contribution is 6.01. The lowest BCUT2D eigenvalue weighted by Gasteiger charge is -2.67. The van der Waals surface area contributed by atoms with E-state index >= 15 is 0 Å². The van der Waals surface area contributed by atoms with E-state index in [-0.39, 0.29) is 35.8 Å². The highest BCUT2D eigenvalue weighted by Gasteiger charge is 2.74. The molecule has 2 aliphatic heterocycles. The van der Waals surface area contributed by atoms with Gasteiger partial charge in [0, 0.05) is 64.1 Å². The number of carbonyl (C=O) groups is 4. The lowest BCUT2D eigenvalue weighted by Crippen LogP contribution is -2.74. The number of ether oxygens (including phenoxy) is 1. The summed E-state index contributed by atoms with van der Waals surface area (Å²) in [6.07, 6.45) is 1.15. The van der Waals surface area contributed by atoms with Crippen molar-refractivity contribution in [1.29, 1.82) is 0 Å². The fourth-order valence-electron chi connectivity index (χ4n) is 5.73. The van der Waals surface area contributed by atoms with Crippen molar-refractivity contribution in [1.82, 2.24) is 15.5 Å². The van der Waals surface area contributed by atoms with Crippen LogP contribution in [0.25, 0.3) is 0 Å². The normalized spacial score (nSPS) is 29.9. The topological polar surface area (TPSA) is 108 Å². The molecule has 2 heterocycles. The largest absolute Gasteiger partial charge is 0.443 e. The number of hydrogen-bond donors (Lipinski definition) is 2. The van der Waals surface area contributed by atoms with E-state index in [4.69, 9.17) is 4.74 Å². The maximum absolute atomic E-state index is 14.7. The van der Waals surface area contributed by atoms with E-state index in [0.29, 0.717) is 38.0 Å². The summed E-state index contributed by atoms with van der Waals surface area (Å²) in [5.74, 6) is -3.82. The average molecular weight is 476 g/mol. The number of amides is 4. The predicted octanol–water partition coefficient (Wildman–Crippen LogP) is 1.41. The number of imide groups is 1. The molecule has 3 aliphatic carbocycles. The molecule has 5 aliphatic rings. The van der Waals surface area contributed by atoms with Crippen LogP contribution >= 0.6 is 0 Å². The fourth-order valence-corrected chi connectivity index (χ4v) is 5.73. The monoisotopic (exact) mass is 476 g/mol. The number of benzene rings is 1. The Labute approximate surface area is 194 Å². The summed E-state index contributed by atoms with van der Waals surface area (Å²) in [4.78, 5) is 51.0. The second-order valence-electron chi connectivity index (χ2n) is 10.2. The van der Waals surface area contributed by atoms with Crippen LogP contribution in [0.4, 0.5) is 19.3 Å². The van der Waals surface area contributed by atoms with Crippen LogP contribution in [0, 0.1) is 17.0 Å². The molecule has 1 unspecified atom stereocenters. The van der Waals surface area contributed by atoms with Gasteiger partial charge in [-0.2, -0.15) is 0 Å². The van der Waals surface area contributed by atoms with E-state index in [1.165, 1.54) is 12.1 Å². The van der Waals surface area contributed by atoms with E-state index in [0.717, 1.165) is 0 Å². The molecule has 3 saturated carbocycles. The molecule has 11 heteroatoms. The lowest BCUT2D eigenvalue weighted by atomic mass is 9.40. The van der Waals surface area contributed by atoms with E-state index in [2.05, 4.69) is 10.6 Å². The molecule has 34 heavy (non-hydrogen) atoms. The Morgan fingerprint density at radius 2 is 1.76 bits per heavy atom. The van der Waals surface area contributed by atoms with Crippen LogP contribution < -0.4 is 15.5 Å². The Hall–Kier alpha value is -3.24. The third-order valence-corrected chi connectivity index (χ3v) is 7.37. The molecular formula is C23H26F2N4O5. The Morgan fingerprint density at radius 3 is 2.32 bits per heavy atom. The summed E-state index contributed by atoms with van der Waals surface area (Å²) in [6, 6.07) is 2.09. The first-order chi connectivity index (χ1) is 16.0. The van der Waals surface area contributed by atoms with Gasteiger partial charge in [0.25, 0.3) is 0 Å². The number of hydrogen-bond acceptors (Lipinski definition) is 6. The van der Waals surface area contributed by atoms with Crippen LogP contribution in [0.1, 0.15) is 43.6 Å². The zero-order chi connectivity index (χ0) is 24.4. The van der Waals surface area contributed by atoms with Gasteiger partial charge in [-0.15, -0.1) is 0 Å². The zero-order valence-electron chi connectivity index (χ0n) is 19.0. The first kappa shape index (κ1) is 22.5. The van der Waals surface area contributed by atoms with E-state index in [1.54, 1.807) is 23.9 Å². The van der Waals surface area contributed by atoms with Crippen molar-refractivity contribution in [2.24, 2.45) is 5.41 Å². The van der Waals surface area contributed by atoms with Crippen LogP contribution in [0.5, 0.6) is 0 Å². The van der Waals surface area contributed by atoms with Crippen molar-refractivity contribution in [2.75, 3.05) is 32.1 Å². The quantitative estimate of drug-likeness (QED) is 0.623. The van der Waals surface area contributed by atoms with E-state index < -0.39 is 41.1 Å². The molecule has 1 aromatic rings. The van der Waals surface area contributed by atoms with Crippen molar-refractivity contribution in [3.8, 4) is 0 Å². The lowest BCUT2D eigenvalue weighted by molar-refractivity contribution is -0.253. The minimum atomic E-state index is -1.04. The molecule has 2 bridgehead atoms. The van der Waals surface area contributed by atoms with Crippen LogP contribution in [0.3, 0.4) is 0 Å². The number of nitrogens with one attached hydrogen (secondary N) is 2. The van der Waals surface area contributed by atoms with Crippen LogP contribution in [0.15, 0.2) is 12.1 Å². The van der Waals surface area contributed by atoms with Crippen LogP contribution in [-0.4, -0.2) is 67.5 Å². The van der Waals surface area contributed by atoms with Crippen molar-refractivity contribution < 1.29 is 32.7 Å². The molecule has 2 N–H and O–H groups in total. The third-order valence-electron chi connectivity index (χ3n) is 7.37. The van der Waals surface area contributed by atoms with Crippen LogP contribution in [-0.2, 0) is 19.1 Å². The first-order valence-electron chi connectivity index (χ1n) is 11.3. The van der Waals surface area contributed by atoms with Gasteiger partial charge < -0.3 is 19.9 Å². The molecule has 2 saturated heterocycles. The first-order valence-corrected chi connectivity index (χ1v) is 11.3. The van der Waals surface area contributed by atoms with Crippen molar-refractivity contribution >= 4 is 29.5 Å². The van der Waals surface area contributed by atoms with Gasteiger partial charge in [-0.25, -0.2) is 13.6 Å². The molecule has 6 rings (SSSR count). The van der Waals surface area contributed by atoms with Gasteiger partial charge in [0.05, 0.1) is 17.4 Å². The molecule has 5 fully saturated rings. The smallest absolute Gasteiger partial charge is 0.408 e. The molecule has 1 atom stereocenters. The minimum Gasteiger partial charge on any atom is -0.443 e. The van der Waals surface area contributed by atoms with Gasteiger partial charge in [0.1, 0.15) is 17.2 Å². The minimum absolute atomic E-state index is 0.0286. The van der Waals surface area contributed by atoms with Gasteiger partial charge in [0.2, 0.25) is 17.7 Å². The zero-order valence-corrected chi connectivity index (χ0v) is 19.0. The fraction of sp³-hybridized carbons (Fsp3) is 0.565. The van der Waals surface area contributed by atoms with E-state index in [9.17, 15) is 28.0 Å². The maximum atomic E-state index is 14.7. The molecule has 4 amide bonds. The van der Waals surface area contributed by atoms with Crippen LogP contribution in [0.2, 0.25) is 0 Å². The highest BCUT2D eigenvalue weighted by atomic mass is 19.1. The molecule has 182 valence electrons. The summed E-state index contributed by atoms with van der Waals surface area (Å²) < 4.78 is 35.0. The summed E-state index contributed by atoms with van der Waals surface area (Å²) in [5, 5.41) is 4.87. The highest BCUT2D eigenvalue weighted by Crippen LogP contribution is 2.69. The Kier molecular flexibility index (Phi) is 5.07. The molecule has 0 spiro atoms. The number of nitrogens with zero attached hydrogens (tertiary/aromatic N) is 2. The maximum Gasteiger partial charge on any atom is 0.408 e. The summed E-state index contributed by atoms with van der Waals surface area (Å²) in [6.45, 7) is 0.698. The molecule has 0 radical (unpaired) electrons. The second kappa shape index (κ2) is 7.64. The summed E-state index contributed by atoms with van der Waals surface area (Å²) in [5.41, 5.74) is -0.972. The van der Waals surface area contributed by atoms with Gasteiger partial charge >= 0.3 is 6.09 Å². The van der Waals surface area contributed by atoms with Gasteiger partial charge in [0.15, 0.2) is 0 Å². The molecule has 0 aromatic heterocycles. The summed E-state index contributed by atoms with van der Waals surface area (Å²) >= 11 is 0. The average Bonchev–Trinajstić information content (AvgIpc) is 2.66. The van der Waals surface area contributed by atoms with Gasteiger partial charge in [-0.05, 0) is 18.6 Å². The van der Waals surface area contributed by atoms with Crippen molar-refractivity contribution in [3.63, 3.8) is 0 Å². The van der Waals surface area contributed by atoms with Crippen molar-refractivity contribution in [3.05, 3.63) is 29.3 Å². The standard InChI is InChI=1S/C23H26F2N4O5/c1-28(2)20(32)22-9-23(10-22,11-22)34-21(33)26-12-7-29(8-12)13-5-15(24)18(16(25)6-13)14-3-4-17(30)27-19(14)31/h5-6,12,14H,3-4,7-11H2,1-2H3,(H,26,33)(H,27,30,31). The number of rotatable bonds is 5. The second-order valence-corrected chi connectivity index (χ2v) is 10.2. The molecular weight excluding hydrogens is 450 g/mol. The molecule has 1 aromatic carbocycles. The number of halogens is 2. The third kappa shape index (κ3) is 3.57. The van der Waals surface area contributed by atoms with Gasteiger partial charge in [-0.1, -0.05) is 0 Å². The molecule has 9 nitrogen and oxygen atoms in total. The van der Waals surface area contributed by atoms with Crippen molar-refractivity contribution in [2.45, 2.75) is 49.7 Å². The Bertz CT molecular complexity index is 1060. The number of anilines is 1. The van der Waals surface area contributed by atoms with Gasteiger partial charge in [-0.3, -0.25) is 19.7 Å². The number of alkyl carbamates (subject to hydrolysis) is 1. The SMILES string of the molecule is CN(C)C(=O)C12CC(OC(=O)NC3CN(c4cc(F)c(C5CCC(=O)NC5=O)c(F)c4)C3)(C1)C2. The summed E-state index contributed by atoms with van der Waals surface area (Å²) in [7, 11) is 3.43. The Balaban J connectivity index is 1.13.